The molecule has 3 nitrogen and oxygen atoms in total. The van der Waals surface area contributed by atoms with Gasteiger partial charge < -0.3 is 10.6 Å². The first-order valence-electron chi connectivity index (χ1n) is 4.78. The van der Waals surface area contributed by atoms with E-state index >= 15 is 0 Å². The van der Waals surface area contributed by atoms with Crippen LogP contribution in [0.25, 0.3) is 0 Å². The van der Waals surface area contributed by atoms with Crippen molar-refractivity contribution >= 4 is 30.6 Å². The molecule has 0 atom stereocenters. The van der Waals surface area contributed by atoms with Crippen LogP contribution in [0.3, 0.4) is 0 Å². The normalized spacial score (nSPS) is 16.5. The minimum absolute atomic E-state index is 0. The van der Waals surface area contributed by atoms with E-state index in [1.54, 1.807) is 0 Å². The molecule has 2 rings (SSSR count). The summed E-state index contributed by atoms with van der Waals surface area (Å²) in [6.07, 6.45) is 4.00. The van der Waals surface area contributed by atoms with Gasteiger partial charge in [-0.25, -0.2) is 4.98 Å². The Labute approximate surface area is 103 Å². The van der Waals surface area contributed by atoms with E-state index in [4.69, 9.17) is 5.73 Å². The molecule has 5 heteroatoms. The lowest BCUT2D eigenvalue weighted by Gasteiger charge is -2.30. The Balaban J connectivity index is 0.000000980. The molecular formula is C10H17Cl2N3. The van der Waals surface area contributed by atoms with Crippen molar-refractivity contribution in [1.82, 2.24) is 4.98 Å². The van der Waals surface area contributed by atoms with E-state index in [9.17, 15) is 0 Å². The fraction of sp³-hybridized carbons (Fsp3) is 0.500. The molecule has 0 radical (unpaired) electrons. The summed E-state index contributed by atoms with van der Waals surface area (Å²) in [7, 11) is 0. The second kappa shape index (κ2) is 6.88. The monoisotopic (exact) mass is 249 g/mol. The second-order valence-electron chi connectivity index (χ2n) is 3.51. The highest BCUT2D eigenvalue weighted by molar-refractivity contribution is 5.85. The van der Waals surface area contributed by atoms with Crippen LogP contribution >= 0.6 is 24.8 Å². The third kappa shape index (κ3) is 3.86. The standard InChI is InChI=1S/C10H15N3.2ClH/c11-9-4-7-13(8-5-9)10-3-1-2-6-12-10;;/h1-3,6,9H,4-5,7-8,11H2;2*1H. The van der Waals surface area contributed by atoms with Gasteiger partial charge in [-0.15, -0.1) is 24.8 Å². The summed E-state index contributed by atoms with van der Waals surface area (Å²) in [6.45, 7) is 2.08. The van der Waals surface area contributed by atoms with Crippen molar-refractivity contribution in [3.8, 4) is 0 Å². The maximum Gasteiger partial charge on any atom is 0.128 e. The van der Waals surface area contributed by atoms with E-state index in [1.165, 1.54) is 0 Å². The van der Waals surface area contributed by atoms with Gasteiger partial charge in [0.15, 0.2) is 0 Å². The van der Waals surface area contributed by atoms with E-state index < -0.39 is 0 Å². The van der Waals surface area contributed by atoms with E-state index in [0.29, 0.717) is 6.04 Å². The summed E-state index contributed by atoms with van der Waals surface area (Å²) in [6, 6.07) is 6.41. The molecule has 0 aliphatic carbocycles. The fourth-order valence-corrected chi connectivity index (χ4v) is 1.67. The van der Waals surface area contributed by atoms with Crippen LogP contribution in [0.5, 0.6) is 0 Å². The Morgan fingerprint density at radius 2 is 1.87 bits per heavy atom. The zero-order valence-corrected chi connectivity index (χ0v) is 10.1. The molecule has 0 unspecified atom stereocenters. The largest absolute Gasteiger partial charge is 0.357 e. The molecule has 0 aromatic carbocycles. The predicted molar refractivity (Wildman–Crippen MR) is 68.2 cm³/mol. The quantitative estimate of drug-likeness (QED) is 0.827. The minimum Gasteiger partial charge on any atom is -0.357 e. The first-order chi connectivity index (χ1) is 6.36. The Morgan fingerprint density at radius 3 is 2.40 bits per heavy atom. The summed E-state index contributed by atoms with van der Waals surface area (Å²) in [5.74, 6) is 1.08. The molecule has 2 N–H and O–H groups in total. The molecule has 1 aliphatic heterocycles. The van der Waals surface area contributed by atoms with Crippen LogP contribution in [0.2, 0.25) is 0 Å². The number of pyridine rings is 1. The molecule has 1 saturated heterocycles. The van der Waals surface area contributed by atoms with Gasteiger partial charge in [-0.2, -0.15) is 0 Å². The van der Waals surface area contributed by atoms with Gasteiger partial charge in [0.2, 0.25) is 0 Å². The van der Waals surface area contributed by atoms with Gasteiger partial charge in [-0.3, -0.25) is 0 Å². The number of piperidine rings is 1. The number of aromatic nitrogens is 1. The minimum atomic E-state index is 0. The fourth-order valence-electron chi connectivity index (χ4n) is 1.67. The lowest BCUT2D eigenvalue weighted by molar-refractivity contribution is 0.498. The number of nitrogens with zero attached hydrogens (tertiary/aromatic N) is 2. The average molecular weight is 250 g/mol. The van der Waals surface area contributed by atoms with E-state index in [0.717, 1.165) is 31.7 Å². The molecule has 0 bridgehead atoms. The van der Waals surface area contributed by atoms with Gasteiger partial charge in [0.25, 0.3) is 0 Å². The summed E-state index contributed by atoms with van der Waals surface area (Å²) in [4.78, 5) is 6.61. The number of hydrogen-bond donors (Lipinski definition) is 1. The second-order valence-corrected chi connectivity index (χ2v) is 3.51. The van der Waals surface area contributed by atoms with Crippen LogP contribution in [0.15, 0.2) is 24.4 Å². The highest BCUT2D eigenvalue weighted by Gasteiger charge is 2.16. The Bertz CT molecular complexity index is 261. The Morgan fingerprint density at radius 1 is 1.20 bits per heavy atom. The highest BCUT2D eigenvalue weighted by Crippen LogP contribution is 2.15. The predicted octanol–water partition coefficient (Wildman–Crippen LogP) is 1.85. The average Bonchev–Trinajstić information content (AvgIpc) is 2.20. The van der Waals surface area contributed by atoms with Crippen LogP contribution in [0.4, 0.5) is 5.82 Å². The van der Waals surface area contributed by atoms with E-state index in [2.05, 4.69) is 16.0 Å². The SMILES string of the molecule is Cl.Cl.NC1CCN(c2ccccn2)CC1. The molecule has 15 heavy (non-hydrogen) atoms. The first kappa shape index (κ1) is 14.5. The molecule has 0 amide bonds. The lowest BCUT2D eigenvalue weighted by Crippen LogP contribution is -2.39. The van der Waals surface area contributed by atoms with Crippen LogP contribution in [-0.2, 0) is 0 Å². The number of hydrogen-bond acceptors (Lipinski definition) is 3. The van der Waals surface area contributed by atoms with Gasteiger partial charge in [0.1, 0.15) is 5.82 Å². The molecule has 1 aromatic heterocycles. The molecule has 0 saturated carbocycles. The van der Waals surface area contributed by atoms with Gasteiger partial charge in [-0.05, 0) is 25.0 Å². The highest BCUT2D eigenvalue weighted by atomic mass is 35.5. The summed E-state index contributed by atoms with van der Waals surface area (Å²) >= 11 is 0. The summed E-state index contributed by atoms with van der Waals surface area (Å²) in [5, 5.41) is 0. The zero-order valence-electron chi connectivity index (χ0n) is 8.50. The van der Waals surface area contributed by atoms with Crippen LogP contribution in [0, 0.1) is 0 Å². The maximum absolute atomic E-state index is 5.83. The van der Waals surface area contributed by atoms with Crippen molar-refractivity contribution in [2.75, 3.05) is 18.0 Å². The van der Waals surface area contributed by atoms with Crippen molar-refractivity contribution < 1.29 is 0 Å². The molecule has 0 spiro atoms. The van der Waals surface area contributed by atoms with Crippen molar-refractivity contribution in [3.05, 3.63) is 24.4 Å². The summed E-state index contributed by atoms with van der Waals surface area (Å²) in [5.41, 5.74) is 5.83. The van der Waals surface area contributed by atoms with Crippen LogP contribution in [-0.4, -0.2) is 24.1 Å². The van der Waals surface area contributed by atoms with Crippen molar-refractivity contribution in [3.63, 3.8) is 0 Å². The van der Waals surface area contributed by atoms with Crippen LogP contribution < -0.4 is 10.6 Å². The Hall–Kier alpha value is -0.510. The van der Waals surface area contributed by atoms with E-state index in [-0.39, 0.29) is 24.8 Å². The van der Waals surface area contributed by atoms with Crippen molar-refractivity contribution in [2.45, 2.75) is 18.9 Å². The molecule has 2 heterocycles. The van der Waals surface area contributed by atoms with Gasteiger partial charge in [-0.1, -0.05) is 6.07 Å². The maximum atomic E-state index is 5.83. The molecular weight excluding hydrogens is 233 g/mol. The smallest absolute Gasteiger partial charge is 0.128 e. The molecule has 1 aliphatic rings. The van der Waals surface area contributed by atoms with Gasteiger partial charge in [0.05, 0.1) is 0 Å². The Kier molecular flexibility index (Phi) is 6.65. The number of anilines is 1. The lowest BCUT2D eigenvalue weighted by atomic mass is 10.1. The van der Waals surface area contributed by atoms with Crippen LogP contribution in [0.1, 0.15) is 12.8 Å². The number of nitrogens with two attached hydrogens (primary N) is 1. The number of halogens is 2. The molecule has 1 fully saturated rings. The van der Waals surface area contributed by atoms with Gasteiger partial charge >= 0.3 is 0 Å². The van der Waals surface area contributed by atoms with E-state index in [1.807, 2.05) is 18.3 Å². The third-order valence-corrected chi connectivity index (χ3v) is 2.51. The molecule has 1 aromatic rings. The zero-order chi connectivity index (χ0) is 9.10. The van der Waals surface area contributed by atoms with Crippen molar-refractivity contribution in [1.29, 1.82) is 0 Å². The molecule has 86 valence electrons. The van der Waals surface area contributed by atoms with Crippen molar-refractivity contribution in [2.24, 2.45) is 5.73 Å². The number of rotatable bonds is 1. The summed E-state index contributed by atoms with van der Waals surface area (Å²) < 4.78 is 0. The van der Waals surface area contributed by atoms with Gasteiger partial charge in [0, 0.05) is 25.3 Å². The third-order valence-electron chi connectivity index (χ3n) is 2.51. The topological polar surface area (TPSA) is 42.1 Å². The first-order valence-corrected chi connectivity index (χ1v) is 4.78.